The summed E-state index contributed by atoms with van der Waals surface area (Å²) in [6.07, 6.45) is 0. The molecule has 11 rings (SSSR count). The van der Waals surface area contributed by atoms with Gasteiger partial charge in [-0.25, -0.2) is 15.0 Å². The number of fused-ring (bicyclic) bond motifs is 13. The third-order valence-electron chi connectivity index (χ3n) is 10.4. The number of benzene rings is 7. The van der Waals surface area contributed by atoms with Crippen molar-refractivity contribution in [2.45, 2.75) is 5.41 Å². The predicted molar refractivity (Wildman–Crippen MR) is 201 cm³/mol. The van der Waals surface area contributed by atoms with Gasteiger partial charge in [-0.15, -0.1) is 0 Å². The van der Waals surface area contributed by atoms with Gasteiger partial charge in [-0.1, -0.05) is 133 Å². The first kappa shape index (κ1) is 28.0. The minimum Gasteiger partial charge on any atom is -0.453 e. The number of aromatic nitrogens is 3. The van der Waals surface area contributed by atoms with Crippen molar-refractivity contribution in [1.82, 2.24) is 15.0 Å². The summed E-state index contributed by atoms with van der Waals surface area (Å²) in [5.74, 6) is 3.42. The molecule has 2 aromatic heterocycles. The average molecular weight is 654 g/mol. The SMILES string of the molecule is c1ccc(-c2nc(-c3ccccc3)nc(-c3ccc4oc5c6c(ccc5c4c3)C3(c4ccccc4O6)c4ccccc4-c4ccccc43)n2)cc1. The number of ether oxygens (including phenoxy) is 1. The molecule has 0 radical (unpaired) electrons. The monoisotopic (exact) mass is 653 g/mol. The molecule has 3 heterocycles. The van der Waals surface area contributed by atoms with Crippen molar-refractivity contribution in [3.8, 4) is 56.8 Å². The molecule has 0 fully saturated rings. The molecule has 51 heavy (non-hydrogen) atoms. The summed E-state index contributed by atoms with van der Waals surface area (Å²) >= 11 is 0. The van der Waals surface area contributed by atoms with Crippen LogP contribution < -0.4 is 4.74 Å². The highest BCUT2D eigenvalue weighted by Gasteiger charge is 2.51. The van der Waals surface area contributed by atoms with Gasteiger partial charge in [0.15, 0.2) is 28.8 Å². The van der Waals surface area contributed by atoms with E-state index in [1.807, 2.05) is 78.9 Å². The fraction of sp³-hybridized carbons (Fsp3) is 0.0217. The lowest BCUT2D eigenvalue weighted by Crippen LogP contribution is -2.32. The maximum atomic E-state index is 6.85. The summed E-state index contributed by atoms with van der Waals surface area (Å²) in [6.45, 7) is 0. The fourth-order valence-corrected chi connectivity index (χ4v) is 8.22. The first-order chi connectivity index (χ1) is 25.3. The van der Waals surface area contributed by atoms with Gasteiger partial charge in [0.05, 0.1) is 5.41 Å². The Labute approximate surface area is 293 Å². The second-order valence-corrected chi connectivity index (χ2v) is 13.1. The van der Waals surface area contributed by atoms with Crippen LogP contribution in [-0.4, -0.2) is 15.0 Å². The van der Waals surface area contributed by atoms with Gasteiger partial charge in [0.2, 0.25) is 0 Å². The zero-order chi connectivity index (χ0) is 33.5. The van der Waals surface area contributed by atoms with Crippen LogP contribution in [0.15, 0.2) is 168 Å². The molecule has 5 heteroatoms. The average Bonchev–Trinajstić information content (AvgIpc) is 3.73. The topological polar surface area (TPSA) is 61.0 Å². The summed E-state index contributed by atoms with van der Waals surface area (Å²) in [6, 6.07) is 56.6. The molecule has 0 N–H and O–H groups in total. The van der Waals surface area contributed by atoms with Crippen LogP contribution in [0, 0.1) is 0 Å². The van der Waals surface area contributed by atoms with Crippen molar-refractivity contribution in [1.29, 1.82) is 0 Å². The van der Waals surface area contributed by atoms with E-state index in [-0.39, 0.29) is 0 Å². The molecule has 7 aromatic carbocycles. The van der Waals surface area contributed by atoms with Gasteiger partial charge in [-0.3, -0.25) is 0 Å². The summed E-state index contributed by atoms with van der Waals surface area (Å²) in [7, 11) is 0. The molecule has 0 bridgehead atoms. The smallest absolute Gasteiger partial charge is 0.178 e. The summed E-state index contributed by atoms with van der Waals surface area (Å²) in [5, 5.41) is 1.94. The van der Waals surface area contributed by atoms with E-state index in [0.717, 1.165) is 61.3 Å². The second kappa shape index (κ2) is 10.6. The van der Waals surface area contributed by atoms with Crippen molar-refractivity contribution >= 4 is 21.9 Å². The molecule has 1 aliphatic heterocycles. The number of rotatable bonds is 3. The van der Waals surface area contributed by atoms with Crippen LogP contribution in [0.2, 0.25) is 0 Å². The first-order valence-electron chi connectivity index (χ1n) is 17.1. The number of hydrogen-bond acceptors (Lipinski definition) is 5. The molecular weight excluding hydrogens is 627 g/mol. The Hall–Kier alpha value is -6.85. The van der Waals surface area contributed by atoms with Crippen molar-refractivity contribution in [2.24, 2.45) is 0 Å². The van der Waals surface area contributed by atoms with Gasteiger partial charge < -0.3 is 9.15 Å². The van der Waals surface area contributed by atoms with Gasteiger partial charge in [0.1, 0.15) is 11.3 Å². The van der Waals surface area contributed by atoms with Gasteiger partial charge in [-0.05, 0) is 52.6 Å². The highest BCUT2D eigenvalue weighted by molar-refractivity contribution is 6.09. The second-order valence-electron chi connectivity index (χ2n) is 13.1. The van der Waals surface area contributed by atoms with Gasteiger partial charge in [0.25, 0.3) is 0 Å². The number of hydrogen-bond donors (Lipinski definition) is 0. The molecule has 238 valence electrons. The predicted octanol–water partition coefficient (Wildman–Crippen LogP) is 11.2. The molecule has 1 aliphatic carbocycles. The lowest BCUT2D eigenvalue weighted by molar-refractivity contribution is 0.432. The fourth-order valence-electron chi connectivity index (χ4n) is 8.22. The van der Waals surface area contributed by atoms with E-state index in [9.17, 15) is 0 Å². The molecule has 1 spiro atoms. The van der Waals surface area contributed by atoms with Crippen molar-refractivity contribution in [3.05, 3.63) is 186 Å². The quantitative estimate of drug-likeness (QED) is 0.190. The minimum atomic E-state index is -0.553. The molecule has 0 saturated heterocycles. The molecular formula is C46H27N3O2. The normalized spacial score (nSPS) is 13.4. The molecule has 9 aromatic rings. The molecule has 0 amide bonds. The van der Waals surface area contributed by atoms with Crippen LogP contribution in [-0.2, 0) is 5.41 Å². The van der Waals surface area contributed by atoms with E-state index in [0.29, 0.717) is 17.5 Å². The lowest BCUT2D eigenvalue weighted by atomic mass is 9.66. The van der Waals surface area contributed by atoms with Crippen molar-refractivity contribution in [3.63, 3.8) is 0 Å². The largest absolute Gasteiger partial charge is 0.453 e. The minimum absolute atomic E-state index is 0.553. The Balaban J connectivity index is 1.14. The summed E-state index contributed by atoms with van der Waals surface area (Å²) in [5.41, 5.74) is 10.9. The van der Waals surface area contributed by atoms with E-state index in [2.05, 4.69) is 84.9 Å². The summed E-state index contributed by atoms with van der Waals surface area (Å²) in [4.78, 5) is 14.8. The van der Waals surface area contributed by atoms with E-state index in [4.69, 9.17) is 24.1 Å². The number of nitrogens with zero attached hydrogens (tertiary/aromatic N) is 3. The molecule has 0 unspecified atom stereocenters. The van der Waals surface area contributed by atoms with Crippen LogP contribution >= 0.6 is 0 Å². The highest BCUT2D eigenvalue weighted by Crippen LogP contribution is 2.63. The Bertz CT molecular complexity index is 2740. The van der Waals surface area contributed by atoms with E-state index < -0.39 is 5.41 Å². The third-order valence-corrected chi connectivity index (χ3v) is 10.4. The Morgan fingerprint density at radius 1 is 0.412 bits per heavy atom. The van der Waals surface area contributed by atoms with Gasteiger partial charge in [0, 0.05) is 38.6 Å². The Kier molecular flexibility index (Phi) is 5.81. The van der Waals surface area contributed by atoms with Gasteiger partial charge >= 0.3 is 0 Å². The Morgan fingerprint density at radius 2 is 0.961 bits per heavy atom. The number of para-hydroxylation sites is 1. The van der Waals surface area contributed by atoms with Crippen LogP contribution in [0.1, 0.15) is 22.3 Å². The van der Waals surface area contributed by atoms with Crippen LogP contribution in [0.4, 0.5) is 0 Å². The first-order valence-corrected chi connectivity index (χ1v) is 17.1. The summed E-state index contributed by atoms with van der Waals surface area (Å²) < 4.78 is 13.6. The standard InChI is InChI=1S/C46H27N3O2/c1-3-13-28(14-4-1)43-47-44(29-15-5-2-6-16-29)49-45(48-43)30-23-26-39-34(27-30)33-24-25-38-42(41(33)50-39)51-40-22-12-11-21-37(40)46(38)35-19-9-7-17-31(35)32-18-8-10-20-36(32)46/h1-27H. The van der Waals surface area contributed by atoms with E-state index >= 15 is 0 Å². The zero-order valence-electron chi connectivity index (χ0n) is 27.2. The molecule has 5 nitrogen and oxygen atoms in total. The maximum absolute atomic E-state index is 6.85. The maximum Gasteiger partial charge on any atom is 0.178 e. The van der Waals surface area contributed by atoms with Crippen LogP contribution in [0.3, 0.4) is 0 Å². The molecule has 2 aliphatic rings. The van der Waals surface area contributed by atoms with E-state index in [1.165, 1.54) is 22.3 Å². The van der Waals surface area contributed by atoms with Crippen LogP contribution in [0.5, 0.6) is 11.5 Å². The van der Waals surface area contributed by atoms with E-state index in [1.54, 1.807) is 0 Å². The lowest BCUT2D eigenvalue weighted by Gasteiger charge is -2.39. The third kappa shape index (κ3) is 3.94. The van der Waals surface area contributed by atoms with Crippen molar-refractivity contribution < 1.29 is 9.15 Å². The molecule has 0 saturated carbocycles. The van der Waals surface area contributed by atoms with Crippen LogP contribution in [0.25, 0.3) is 67.2 Å². The van der Waals surface area contributed by atoms with Gasteiger partial charge in [-0.2, -0.15) is 0 Å². The molecule has 0 atom stereocenters. The number of furan rings is 1. The zero-order valence-corrected chi connectivity index (χ0v) is 27.2. The highest BCUT2D eigenvalue weighted by atomic mass is 16.5. The Morgan fingerprint density at radius 3 is 1.61 bits per heavy atom. The van der Waals surface area contributed by atoms with Crippen molar-refractivity contribution in [2.75, 3.05) is 0 Å².